The Morgan fingerprint density at radius 1 is 1.41 bits per heavy atom. The van der Waals surface area contributed by atoms with Crippen molar-refractivity contribution >= 4 is 5.82 Å². The predicted octanol–water partition coefficient (Wildman–Crippen LogP) is 2.80. The van der Waals surface area contributed by atoms with Gasteiger partial charge in [-0.3, -0.25) is 0 Å². The molecule has 1 aromatic heterocycles. The minimum Gasteiger partial charge on any atom is -0.496 e. The molecule has 17 heavy (non-hydrogen) atoms. The summed E-state index contributed by atoms with van der Waals surface area (Å²) in [7, 11) is 1.64. The number of hydrogen-bond donors (Lipinski definition) is 1. The molecule has 0 fully saturated rings. The summed E-state index contributed by atoms with van der Waals surface area (Å²) < 4.78 is 10.6. The van der Waals surface area contributed by atoms with E-state index in [1.807, 2.05) is 32.0 Å². The lowest BCUT2D eigenvalue weighted by Gasteiger charge is -2.09. The second-order valence-electron chi connectivity index (χ2n) is 3.92. The topological polar surface area (TPSA) is 61.3 Å². The predicted molar refractivity (Wildman–Crippen MR) is 67.0 cm³/mol. The van der Waals surface area contributed by atoms with Crippen molar-refractivity contribution in [1.29, 1.82) is 0 Å². The van der Waals surface area contributed by atoms with Crippen LogP contribution in [0.4, 0.5) is 5.82 Å². The van der Waals surface area contributed by atoms with Crippen LogP contribution in [0.25, 0.3) is 11.1 Å². The van der Waals surface area contributed by atoms with Crippen LogP contribution < -0.4 is 10.5 Å². The number of rotatable bonds is 3. The van der Waals surface area contributed by atoms with Gasteiger partial charge >= 0.3 is 0 Å². The van der Waals surface area contributed by atoms with Gasteiger partial charge in [-0.1, -0.05) is 23.7 Å². The Balaban J connectivity index is 2.66. The first kappa shape index (κ1) is 11.5. The molecule has 2 aromatic rings. The van der Waals surface area contributed by atoms with Crippen molar-refractivity contribution in [2.75, 3.05) is 12.8 Å². The molecular formula is C13H16N2O2. The van der Waals surface area contributed by atoms with Crippen LogP contribution in [0.15, 0.2) is 22.7 Å². The van der Waals surface area contributed by atoms with E-state index >= 15 is 0 Å². The normalized spacial score (nSPS) is 10.5. The molecule has 0 saturated carbocycles. The average Bonchev–Trinajstić information content (AvgIpc) is 2.70. The fourth-order valence-corrected chi connectivity index (χ4v) is 1.89. The monoisotopic (exact) mass is 232 g/mol. The molecule has 0 radical (unpaired) electrons. The molecule has 0 spiro atoms. The van der Waals surface area contributed by atoms with Crippen molar-refractivity contribution < 1.29 is 9.26 Å². The van der Waals surface area contributed by atoms with Crippen LogP contribution in [-0.4, -0.2) is 12.3 Å². The van der Waals surface area contributed by atoms with Gasteiger partial charge in [0.1, 0.15) is 11.5 Å². The van der Waals surface area contributed by atoms with Crippen molar-refractivity contribution in [3.63, 3.8) is 0 Å². The highest BCUT2D eigenvalue weighted by atomic mass is 16.5. The zero-order valence-electron chi connectivity index (χ0n) is 10.3. The summed E-state index contributed by atoms with van der Waals surface area (Å²) in [5.41, 5.74) is 8.78. The molecule has 4 heteroatoms. The Hall–Kier alpha value is -1.97. The van der Waals surface area contributed by atoms with Gasteiger partial charge in [0, 0.05) is 12.0 Å². The molecule has 0 aliphatic rings. The Kier molecular flexibility index (Phi) is 3.04. The number of anilines is 1. The van der Waals surface area contributed by atoms with Crippen LogP contribution in [0.3, 0.4) is 0 Å². The van der Waals surface area contributed by atoms with Gasteiger partial charge in [0.2, 0.25) is 0 Å². The fourth-order valence-electron chi connectivity index (χ4n) is 1.89. The van der Waals surface area contributed by atoms with Gasteiger partial charge < -0.3 is 15.0 Å². The molecule has 1 aromatic carbocycles. The number of nitrogen functional groups attached to an aromatic ring is 1. The standard InChI is InChI=1S/C13H16N2O2/c1-4-10-12(13(14)15-17-10)9-7-8(2)5-6-11(9)16-3/h5-7H,4H2,1-3H3,(H2,14,15). The van der Waals surface area contributed by atoms with Gasteiger partial charge in [0.25, 0.3) is 0 Å². The van der Waals surface area contributed by atoms with Crippen molar-refractivity contribution in [3.8, 4) is 16.9 Å². The fraction of sp³-hybridized carbons (Fsp3) is 0.308. The molecule has 0 saturated heterocycles. The molecule has 0 unspecified atom stereocenters. The maximum absolute atomic E-state index is 5.86. The zero-order valence-corrected chi connectivity index (χ0v) is 10.3. The van der Waals surface area contributed by atoms with Crippen LogP contribution in [0.5, 0.6) is 5.75 Å². The molecular weight excluding hydrogens is 216 g/mol. The van der Waals surface area contributed by atoms with E-state index in [1.165, 1.54) is 0 Å². The summed E-state index contributed by atoms with van der Waals surface area (Å²) in [6.45, 7) is 4.03. The number of nitrogens with zero attached hydrogens (tertiary/aromatic N) is 1. The quantitative estimate of drug-likeness (QED) is 0.883. The van der Waals surface area contributed by atoms with Gasteiger partial charge in [0.15, 0.2) is 5.82 Å². The number of aromatic nitrogens is 1. The SMILES string of the molecule is CCc1onc(N)c1-c1cc(C)ccc1OC. The van der Waals surface area contributed by atoms with Crippen LogP contribution in [0.1, 0.15) is 18.2 Å². The maximum Gasteiger partial charge on any atom is 0.175 e. The number of methoxy groups -OCH3 is 1. The van der Waals surface area contributed by atoms with E-state index in [-0.39, 0.29) is 0 Å². The lowest BCUT2D eigenvalue weighted by atomic mass is 10.0. The lowest BCUT2D eigenvalue weighted by molar-refractivity contribution is 0.389. The molecule has 0 aliphatic carbocycles. The molecule has 0 atom stereocenters. The van der Waals surface area contributed by atoms with E-state index in [4.69, 9.17) is 15.0 Å². The van der Waals surface area contributed by atoms with E-state index in [0.717, 1.165) is 34.6 Å². The van der Waals surface area contributed by atoms with Crippen LogP contribution in [0, 0.1) is 6.92 Å². The van der Waals surface area contributed by atoms with E-state index in [9.17, 15) is 0 Å². The summed E-state index contributed by atoms with van der Waals surface area (Å²) in [6, 6.07) is 5.95. The number of hydrogen-bond acceptors (Lipinski definition) is 4. The molecule has 2 rings (SSSR count). The number of ether oxygens (including phenoxy) is 1. The first-order valence-corrected chi connectivity index (χ1v) is 5.56. The third-order valence-electron chi connectivity index (χ3n) is 2.73. The van der Waals surface area contributed by atoms with Crippen LogP contribution in [-0.2, 0) is 6.42 Å². The summed E-state index contributed by atoms with van der Waals surface area (Å²) in [5, 5.41) is 3.82. The summed E-state index contributed by atoms with van der Waals surface area (Å²) in [6.07, 6.45) is 0.747. The smallest absolute Gasteiger partial charge is 0.175 e. The van der Waals surface area contributed by atoms with Crippen LogP contribution in [0.2, 0.25) is 0 Å². The van der Waals surface area contributed by atoms with Gasteiger partial charge in [-0.2, -0.15) is 0 Å². The van der Waals surface area contributed by atoms with E-state index in [1.54, 1.807) is 7.11 Å². The zero-order chi connectivity index (χ0) is 12.4. The van der Waals surface area contributed by atoms with Gasteiger partial charge in [-0.05, 0) is 19.1 Å². The second-order valence-corrected chi connectivity index (χ2v) is 3.92. The first-order chi connectivity index (χ1) is 8.17. The Morgan fingerprint density at radius 2 is 2.18 bits per heavy atom. The molecule has 4 nitrogen and oxygen atoms in total. The Labute approximate surface area is 100 Å². The largest absolute Gasteiger partial charge is 0.496 e. The van der Waals surface area contributed by atoms with E-state index < -0.39 is 0 Å². The lowest BCUT2D eigenvalue weighted by Crippen LogP contribution is -1.94. The van der Waals surface area contributed by atoms with Crippen molar-refractivity contribution in [3.05, 3.63) is 29.5 Å². The third kappa shape index (κ3) is 1.98. The molecule has 90 valence electrons. The molecule has 2 N–H and O–H groups in total. The molecule has 0 bridgehead atoms. The minimum atomic E-state index is 0.408. The van der Waals surface area contributed by atoms with Crippen molar-refractivity contribution in [1.82, 2.24) is 5.16 Å². The maximum atomic E-state index is 5.86. The molecule has 1 heterocycles. The van der Waals surface area contributed by atoms with Gasteiger partial charge in [0.05, 0.1) is 12.7 Å². The van der Waals surface area contributed by atoms with Crippen molar-refractivity contribution in [2.24, 2.45) is 0 Å². The molecule has 0 aliphatic heterocycles. The average molecular weight is 232 g/mol. The van der Waals surface area contributed by atoms with Crippen LogP contribution >= 0.6 is 0 Å². The summed E-state index contributed by atoms with van der Waals surface area (Å²) >= 11 is 0. The minimum absolute atomic E-state index is 0.408. The Morgan fingerprint density at radius 3 is 2.82 bits per heavy atom. The second kappa shape index (κ2) is 4.49. The number of nitrogens with two attached hydrogens (primary N) is 1. The highest BCUT2D eigenvalue weighted by Gasteiger charge is 2.18. The third-order valence-corrected chi connectivity index (χ3v) is 2.73. The van der Waals surface area contributed by atoms with Gasteiger partial charge in [-0.15, -0.1) is 0 Å². The first-order valence-electron chi connectivity index (χ1n) is 5.56. The summed E-state index contributed by atoms with van der Waals surface area (Å²) in [4.78, 5) is 0. The van der Waals surface area contributed by atoms with E-state index in [2.05, 4.69) is 5.16 Å². The Bertz CT molecular complexity index is 532. The highest BCUT2D eigenvalue weighted by Crippen LogP contribution is 2.37. The summed E-state index contributed by atoms with van der Waals surface area (Å²) in [5.74, 6) is 1.97. The van der Waals surface area contributed by atoms with Crippen molar-refractivity contribution in [2.45, 2.75) is 20.3 Å². The number of benzene rings is 1. The van der Waals surface area contributed by atoms with Gasteiger partial charge in [-0.25, -0.2) is 0 Å². The number of aryl methyl sites for hydroxylation is 2. The highest BCUT2D eigenvalue weighted by molar-refractivity contribution is 5.80. The molecule has 0 amide bonds. The van der Waals surface area contributed by atoms with E-state index in [0.29, 0.717) is 5.82 Å².